The van der Waals surface area contributed by atoms with E-state index >= 15 is 0 Å². The maximum atomic E-state index is 11.1. The van der Waals surface area contributed by atoms with Gasteiger partial charge in [-0.25, -0.2) is 0 Å². The van der Waals surface area contributed by atoms with Crippen LogP contribution in [0.1, 0.15) is 110 Å². The van der Waals surface area contributed by atoms with Gasteiger partial charge in [0.1, 0.15) is 0 Å². The Labute approximate surface area is 255 Å². The molecule has 0 radical (unpaired) electrons. The van der Waals surface area contributed by atoms with Crippen LogP contribution in [-0.2, 0) is 0 Å². The molecule has 4 aliphatic carbocycles. The second kappa shape index (κ2) is 12.0. The van der Waals surface area contributed by atoms with Crippen molar-refractivity contribution in [1.82, 2.24) is 0 Å². The predicted octanol–water partition coefficient (Wildman–Crippen LogP) is 11.2. The van der Waals surface area contributed by atoms with Gasteiger partial charge in [-0.1, -0.05) is 95.9 Å². The van der Waals surface area contributed by atoms with Gasteiger partial charge in [0.15, 0.2) is 0 Å². The van der Waals surface area contributed by atoms with E-state index in [4.69, 9.17) is 0 Å². The van der Waals surface area contributed by atoms with Gasteiger partial charge in [0.25, 0.3) is 0 Å². The van der Waals surface area contributed by atoms with Gasteiger partial charge < -0.3 is 5.11 Å². The summed E-state index contributed by atoms with van der Waals surface area (Å²) in [7, 11) is 0. The molecule has 0 heterocycles. The van der Waals surface area contributed by atoms with E-state index in [0.717, 1.165) is 53.8 Å². The molecule has 3 fully saturated rings. The molecule has 1 unspecified atom stereocenters. The van der Waals surface area contributed by atoms with Gasteiger partial charge in [-0.15, -0.1) is 0 Å². The van der Waals surface area contributed by atoms with Crippen molar-refractivity contribution in [3.63, 3.8) is 0 Å². The molecule has 6 rings (SSSR count). The maximum absolute atomic E-state index is 11.1. The Bertz CT molecular complexity index is 1270. The van der Waals surface area contributed by atoms with E-state index in [1.165, 1.54) is 56.9 Å². The average Bonchev–Trinajstić information content (AvgIpc) is 3.34. The summed E-state index contributed by atoms with van der Waals surface area (Å²) in [5.41, 5.74) is 5.27. The minimum Gasteiger partial charge on any atom is -0.393 e. The Kier molecular flexibility index (Phi) is 8.53. The normalized spacial score (nSPS) is 36.8. The van der Waals surface area contributed by atoms with Crippen molar-refractivity contribution in [3.05, 3.63) is 71.8 Å². The van der Waals surface area contributed by atoms with Gasteiger partial charge in [-0.2, -0.15) is 10.2 Å². The van der Waals surface area contributed by atoms with E-state index in [2.05, 4.69) is 75.2 Å². The first-order valence-electron chi connectivity index (χ1n) is 17.1. The summed E-state index contributed by atoms with van der Waals surface area (Å²) in [6, 6.07) is 18.7. The molecule has 2 aromatic rings. The Hall–Kier alpha value is -2.26. The summed E-state index contributed by atoms with van der Waals surface area (Å²) >= 11 is 0. The van der Waals surface area contributed by atoms with Crippen molar-refractivity contribution < 1.29 is 5.11 Å². The minimum absolute atomic E-state index is 0.123. The number of aliphatic hydroxyl groups excluding tert-OH is 1. The zero-order chi connectivity index (χ0) is 29.5. The van der Waals surface area contributed by atoms with Crippen molar-refractivity contribution >= 4 is 11.4 Å². The molecular formula is C39H54N2O. The number of hydrogen-bond donors (Lipinski definition) is 1. The lowest BCUT2D eigenvalue weighted by molar-refractivity contribution is -0.0652. The van der Waals surface area contributed by atoms with Crippen molar-refractivity contribution in [1.29, 1.82) is 0 Å². The van der Waals surface area contributed by atoms with Gasteiger partial charge in [0.2, 0.25) is 0 Å². The first-order valence-corrected chi connectivity index (χ1v) is 17.1. The molecule has 1 N–H and O–H groups in total. The topological polar surface area (TPSA) is 45.0 Å². The van der Waals surface area contributed by atoms with Crippen LogP contribution in [0, 0.1) is 46.3 Å². The van der Waals surface area contributed by atoms with E-state index in [1.54, 1.807) is 5.57 Å². The minimum atomic E-state index is -0.250. The van der Waals surface area contributed by atoms with Crippen LogP contribution in [0.4, 0.5) is 11.4 Å². The SMILES string of the molecule is CC(C)CCC[C@@H](C)[C@H]1CC[C@H]2[C@@H]3CC=C4C[C@@H](O)CC(c5ccc(/N=N/c6ccccc6)cc5)[C@]4(C)[C@H]3CC[C@]12C. The molecule has 0 aliphatic heterocycles. The van der Waals surface area contributed by atoms with Gasteiger partial charge in [-0.3, -0.25) is 0 Å². The molecule has 0 bridgehead atoms. The van der Waals surface area contributed by atoms with Crippen molar-refractivity contribution in [2.45, 2.75) is 111 Å². The highest BCUT2D eigenvalue weighted by atomic mass is 16.3. The zero-order valence-electron chi connectivity index (χ0n) is 26.8. The summed E-state index contributed by atoms with van der Waals surface area (Å²) in [5, 5.41) is 20.0. The molecule has 0 amide bonds. The van der Waals surface area contributed by atoms with E-state index in [-0.39, 0.29) is 11.5 Å². The van der Waals surface area contributed by atoms with Crippen LogP contribution in [0.15, 0.2) is 76.5 Å². The molecule has 3 nitrogen and oxygen atoms in total. The molecule has 42 heavy (non-hydrogen) atoms. The van der Waals surface area contributed by atoms with Crippen LogP contribution in [0.25, 0.3) is 0 Å². The fourth-order valence-electron chi connectivity index (χ4n) is 10.6. The van der Waals surface area contributed by atoms with Crippen LogP contribution in [-0.4, -0.2) is 11.2 Å². The number of hydrogen-bond acceptors (Lipinski definition) is 3. The van der Waals surface area contributed by atoms with E-state index < -0.39 is 0 Å². The largest absolute Gasteiger partial charge is 0.393 e. The van der Waals surface area contributed by atoms with Crippen molar-refractivity contribution in [2.24, 2.45) is 56.6 Å². The summed E-state index contributed by atoms with van der Waals surface area (Å²) < 4.78 is 0. The third-order valence-corrected chi connectivity index (χ3v) is 12.8. The lowest BCUT2D eigenvalue weighted by Crippen LogP contribution is -2.53. The third-order valence-electron chi connectivity index (χ3n) is 12.8. The molecule has 0 saturated heterocycles. The highest BCUT2D eigenvalue weighted by Gasteiger charge is 2.61. The van der Waals surface area contributed by atoms with Crippen LogP contribution in [0.5, 0.6) is 0 Å². The fourth-order valence-corrected chi connectivity index (χ4v) is 10.6. The highest BCUT2D eigenvalue weighted by molar-refractivity contribution is 5.43. The molecule has 226 valence electrons. The second-order valence-electron chi connectivity index (χ2n) is 15.4. The van der Waals surface area contributed by atoms with Crippen LogP contribution in [0.3, 0.4) is 0 Å². The lowest BCUT2D eigenvalue weighted by atomic mass is 9.44. The number of fused-ring (bicyclic) bond motifs is 5. The summed E-state index contributed by atoms with van der Waals surface area (Å²) in [4.78, 5) is 0. The first kappa shape index (κ1) is 29.8. The zero-order valence-corrected chi connectivity index (χ0v) is 26.8. The molecule has 3 saturated carbocycles. The predicted molar refractivity (Wildman–Crippen MR) is 174 cm³/mol. The smallest absolute Gasteiger partial charge is 0.0857 e. The van der Waals surface area contributed by atoms with Crippen molar-refractivity contribution in [3.8, 4) is 0 Å². The van der Waals surface area contributed by atoms with Crippen LogP contribution >= 0.6 is 0 Å². The van der Waals surface area contributed by atoms with Gasteiger partial charge in [0.05, 0.1) is 17.5 Å². The molecule has 9 atom stereocenters. The molecule has 3 heteroatoms. The van der Waals surface area contributed by atoms with Crippen LogP contribution in [0.2, 0.25) is 0 Å². The number of azo groups is 1. The number of aliphatic hydroxyl groups is 1. The number of benzene rings is 2. The molecular weight excluding hydrogens is 512 g/mol. The number of nitrogens with zero attached hydrogens (tertiary/aromatic N) is 2. The second-order valence-corrected chi connectivity index (χ2v) is 15.4. The quantitative estimate of drug-likeness (QED) is 0.251. The Morgan fingerprint density at radius 2 is 1.57 bits per heavy atom. The lowest BCUT2D eigenvalue weighted by Gasteiger charge is -2.60. The third kappa shape index (κ3) is 5.44. The van der Waals surface area contributed by atoms with Gasteiger partial charge in [0, 0.05) is 0 Å². The molecule has 4 aliphatic rings. The highest BCUT2D eigenvalue weighted by Crippen LogP contribution is 2.69. The van der Waals surface area contributed by atoms with E-state index in [9.17, 15) is 5.11 Å². The Morgan fingerprint density at radius 1 is 0.857 bits per heavy atom. The first-order chi connectivity index (χ1) is 20.2. The summed E-state index contributed by atoms with van der Waals surface area (Å²) in [6.07, 6.45) is 15.0. The summed E-state index contributed by atoms with van der Waals surface area (Å²) in [6.45, 7) is 12.6. The van der Waals surface area contributed by atoms with Crippen molar-refractivity contribution in [2.75, 3.05) is 0 Å². The monoisotopic (exact) mass is 566 g/mol. The van der Waals surface area contributed by atoms with E-state index in [1.807, 2.05) is 30.3 Å². The molecule has 2 aromatic carbocycles. The fraction of sp³-hybridized carbons (Fsp3) is 0.641. The van der Waals surface area contributed by atoms with E-state index in [0.29, 0.717) is 17.3 Å². The van der Waals surface area contributed by atoms with Gasteiger partial charge >= 0.3 is 0 Å². The molecule has 0 spiro atoms. The van der Waals surface area contributed by atoms with Gasteiger partial charge in [-0.05, 0) is 127 Å². The maximum Gasteiger partial charge on any atom is 0.0857 e. The molecule has 0 aromatic heterocycles. The number of allylic oxidation sites excluding steroid dienone is 1. The summed E-state index contributed by atoms with van der Waals surface area (Å²) in [5.74, 6) is 5.22. The Morgan fingerprint density at radius 3 is 2.29 bits per heavy atom. The van der Waals surface area contributed by atoms with Crippen LogP contribution < -0.4 is 0 Å². The Balaban J connectivity index is 1.23. The number of rotatable bonds is 8. The average molecular weight is 567 g/mol. The standard InChI is InChI=1S/C39H54N2O/c1-26(2)10-9-11-27(3)34-20-21-35-33-19-16-29-24-32(42)25-37(39(29,5)36(33)22-23-38(34,35)4)28-14-17-31(18-15-28)41-40-30-12-7-6-8-13-30/h6-8,12-18,26-27,32-37,42H,9-11,19-25H2,1-5H3/b41-40+/t27-,32-,33+,34-,35+,36+,37?,38-,39+/m1/s1.